The number of pyridine rings is 1. The zero-order valence-corrected chi connectivity index (χ0v) is 15.6. The van der Waals surface area contributed by atoms with Crippen molar-refractivity contribution >= 4 is 17.4 Å². The normalized spacial score (nSPS) is 14.9. The van der Waals surface area contributed by atoms with Gasteiger partial charge in [0.25, 0.3) is 0 Å². The van der Waals surface area contributed by atoms with Crippen LogP contribution in [0.2, 0.25) is 0 Å². The van der Waals surface area contributed by atoms with E-state index in [1.165, 1.54) is 11.3 Å². The van der Waals surface area contributed by atoms with Crippen molar-refractivity contribution in [2.24, 2.45) is 0 Å². The minimum absolute atomic E-state index is 0.0913. The Kier molecular flexibility index (Phi) is 6.07. The van der Waals surface area contributed by atoms with Gasteiger partial charge in [-0.3, -0.25) is 4.98 Å². The number of hydrogen-bond donors (Lipinski definition) is 1. The molecular weight excluding hydrogens is 326 g/mol. The fraction of sp³-hybridized carbons (Fsp3) is 0.400. The third-order valence-corrected chi connectivity index (χ3v) is 4.82. The molecule has 1 saturated heterocycles. The van der Waals surface area contributed by atoms with Crippen molar-refractivity contribution in [2.45, 2.75) is 6.42 Å². The fourth-order valence-corrected chi connectivity index (χ4v) is 2.99. The van der Waals surface area contributed by atoms with Crippen molar-refractivity contribution in [3.8, 4) is 0 Å². The Morgan fingerprint density at radius 3 is 2.38 bits per heavy atom. The summed E-state index contributed by atoms with van der Waals surface area (Å²) < 4.78 is 0. The number of piperazine rings is 1. The molecule has 0 bridgehead atoms. The first-order valence-corrected chi connectivity index (χ1v) is 9.06. The number of urea groups is 1. The van der Waals surface area contributed by atoms with E-state index in [4.69, 9.17) is 0 Å². The zero-order valence-electron chi connectivity index (χ0n) is 15.6. The summed E-state index contributed by atoms with van der Waals surface area (Å²) in [6, 6.07) is 12.0. The van der Waals surface area contributed by atoms with Gasteiger partial charge in [-0.2, -0.15) is 0 Å². The monoisotopic (exact) mass is 353 g/mol. The van der Waals surface area contributed by atoms with Crippen molar-refractivity contribution in [3.63, 3.8) is 0 Å². The van der Waals surface area contributed by atoms with Gasteiger partial charge >= 0.3 is 6.03 Å². The van der Waals surface area contributed by atoms with Gasteiger partial charge in [0.15, 0.2) is 0 Å². The van der Waals surface area contributed by atoms with Gasteiger partial charge in [-0.25, -0.2) is 4.79 Å². The van der Waals surface area contributed by atoms with E-state index in [2.05, 4.69) is 39.3 Å². The lowest BCUT2D eigenvalue weighted by molar-refractivity contribution is 0.223. The topological polar surface area (TPSA) is 51.7 Å². The summed E-state index contributed by atoms with van der Waals surface area (Å²) in [6.07, 6.45) is 4.36. The summed E-state index contributed by atoms with van der Waals surface area (Å²) in [5.41, 5.74) is 3.21. The SMILES string of the molecule is CN1CCN(c2ccc(NC(=O)N(C)CCc3ccncc3)cc2)CC1. The number of carbonyl (C=O) groups is 1. The molecule has 0 radical (unpaired) electrons. The van der Waals surface area contributed by atoms with Gasteiger partial charge in [-0.15, -0.1) is 0 Å². The predicted octanol–water partition coefficient (Wildman–Crippen LogP) is 2.54. The maximum atomic E-state index is 12.3. The molecule has 2 aromatic rings. The third-order valence-electron chi connectivity index (χ3n) is 4.82. The minimum atomic E-state index is -0.0913. The zero-order chi connectivity index (χ0) is 18.4. The molecular formula is C20H27N5O. The van der Waals surface area contributed by atoms with Crippen molar-refractivity contribution in [1.29, 1.82) is 0 Å². The van der Waals surface area contributed by atoms with E-state index in [0.29, 0.717) is 6.54 Å². The Bertz CT molecular complexity index is 696. The second-order valence-corrected chi connectivity index (χ2v) is 6.79. The molecule has 2 heterocycles. The van der Waals surface area contributed by atoms with E-state index < -0.39 is 0 Å². The van der Waals surface area contributed by atoms with Crippen LogP contribution >= 0.6 is 0 Å². The van der Waals surface area contributed by atoms with Gasteiger partial charge in [0.2, 0.25) is 0 Å². The van der Waals surface area contributed by atoms with E-state index in [1.807, 2.05) is 31.3 Å². The van der Waals surface area contributed by atoms with Crippen molar-refractivity contribution < 1.29 is 4.79 Å². The van der Waals surface area contributed by atoms with Crippen LogP contribution in [-0.4, -0.2) is 67.6 Å². The molecule has 0 aliphatic carbocycles. The Hall–Kier alpha value is -2.60. The van der Waals surface area contributed by atoms with Gasteiger partial charge in [-0.05, 0) is 55.4 Å². The van der Waals surface area contributed by atoms with E-state index in [9.17, 15) is 4.79 Å². The van der Waals surface area contributed by atoms with Crippen LogP contribution in [0, 0.1) is 0 Å². The Morgan fingerprint density at radius 2 is 1.73 bits per heavy atom. The predicted molar refractivity (Wildman–Crippen MR) is 106 cm³/mol. The lowest BCUT2D eigenvalue weighted by Crippen LogP contribution is -2.44. The second-order valence-electron chi connectivity index (χ2n) is 6.79. The summed E-state index contributed by atoms with van der Waals surface area (Å²) in [7, 11) is 3.97. The standard InChI is InChI=1S/C20H27N5O/c1-23-13-15-25(16-14-23)19-5-3-18(4-6-19)22-20(26)24(2)12-9-17-7-10-21-11-8-17/h3-8,10-11H,9,12-16H2,1-2H3,(H,22,26). The first kappa shape index (κ1) is 18.2. The van der Waals surface area contributed by atoms with E-state index >= 15 is 0 Å². The van der Waals surface area contributed by atoms with Gasteiger partial charge in [0, 0.05) is 63.5 Å². The van der Waals surface area contributed by atoms with E-state index in [1.54, 1.807) is 17.3 Å². The van der Waals surface area contributed by atoms with Crippen LogP contribution in [-0.2, 0) is 6.42 Å². The molecule has 1 N–H and O–H groups in total. The average molecular weight is 353 g/mol. The van der Waals surface area contributed by atoms with Gasteiger partial charge in [-0.1, -0.05) is 0 Å². The molecule has 1 aliphatic rings. The van der Waals surface area contributed by atoms with Gasteiger partial charge < -0.3 is 20.0 Å². The number of rotatable bonds is 5. The third kappa shape index (κ3) is 4.95. The van der Waals surface area contributed by atoms with Crippen LogP contribution in [0.1, 0.15) is 5.56 Å². The van der Waals surface area contributed by atoms with Gasteiger partial charge in [0.05, 0.1) is 0 Å². The van der Waals surface area contributed by atoms with Crippen LogP contribution in [0.15, 0.2) is 48.8 Å². The maximum Gasteiger partial charge on any atom is 0.321 e. The number of anilines is 2. The highest BCUT2D eigenvalue weighted by atomic mass is 16.2. The Labute approximate surface area is 155 Å². The number of amides is 2. The first-order valence-electron chi connectivity index (χ1n) is 9.06. The highest BCUT2D eigenvalue weighted by Crippen LogP contribution is 2.19. The molecule has 0 unspecified atom stereocenters. The fourth-order valence-electron chi connectivity index (χ4n) is 2.99. The van der Waals surface area contributed by atoms with Crippen LogP contribution in [0.5, 0.6) is 0 Å². The molecule has 0 spiro atoms. The lowest BCUT2D eigenvalue weighted by atomic mass is 10.2. The number of carbonyl (C=O) groups excluding carboxylic acids is 1. The second kappa shape index (κ2) is 8.67. The highest BCUT2D eigenvalue weighted by molar-refractivity contribution is 5.89. The quantitative estimate of drug-likeness (QED) is 0.897. The Balaban J connectivity index is 1.49. The number of aromatic nitrogens is 1. The molecule has 1 fully saturated rings. The number of benzene rings is 1. The Morgan fingerprint density at radius 1 is 1.08 bits per heavy atom. The van der Waals surface area contributed by atoms with Gasteiger partial charge in [0.1, 0.15) is 0 Å². The summed E-state index contributed by atoms with van der Waals surface area (Å²) in [6.45, 7) is 4.91. The smallest absolute Gasteiger partial charge is 0.321 e. The molecule has 0 saturated carbocycles. The molecule has 26 heavy (non-hydrogen) atoms. The molecule has 138 valence electrons. The molecule has 1 aliphatic heterocycles. The van der Waals surface area contributed by atoms with Crippen molar-refractivity contribution in [2.75, 3.05) is 57.0 Å². The molecule has 1 aromatic heterocycles. The van der Waals surface area contributed by atoms with Crippen LogP contribution in [0.4, 0.5) is 16.2 Å². The summed E-state index contributed by atoms with van der Waals surface area (Å²) in [4.78, 5) is 22.8. The molecule has 3 rings (SSSR count). The van der Waals surface area contributed by atoms with Crippen molar-refractivity contribution in [1.82, 2.24) is 14.8 Å². The molecule has 1 aromatic carbocycles. The average Bonchev–Trinajstić information content (AvgIpc) is 2.68. The van der Waals surface area contributed by atoms with E-state index in [0.717, 1.165) is 38.3 Å². The molecule has 6 nitrogen and oxygen atoms in total. The number of hydrogen-bond acceptors (Lipinski definition) is 4. The minimum Gasteiger partial charge on any atom is -0.369 e. The molecule has 2 amide bonds. The largest absolute Gasteiger partial charge is 0.369 e. The summed E-state index contributed by atoms with van der Waals surface area (Å²) in [5.74, 6) is 0. The van der Waals surface area contributed by atoms with Crippen LogP contribution < -0.4 is 10.2 Å². The summed E-state index contributed by atoms with van der Waals surface area (Å²) in [5, 5.41) is 2.96. The number of likely N-dealkylation sites (N-methyl/N-ethyl adjacent to an activating group) is 2. The number of nitrogens with one attached hydrogen (secondary N) is 1. The van der Waals surface area contributed by atoms with Crippen LogP contribution in [0.25, 0.3) is 0 Å². The molecule has 6 heteroatoms. The van der Waals surface area contributed by atoms with E-state index in [-0.39, 0.29) is 6.03 Å². The summed E-state index contributed by atoms with van der Waals surface area (Å²) >= 11 is 0. The lowest BCUT2D eigenvalue weighted by Gasteiger charge is -2.34. The highest BCUT2D eigenvalue weighted by Gasteiger charge is 2.14. The maximum absolute atomic E-state index is 12.3. The first-order chi connectivity index (χ1) is 12.6. The van der Waals surface area contributed by atoms with Crippen LogP contribution in [0.3, 0.4) is 0 Å². The molecule has 0 atom stereocenters. The van der Waals surface area contributed by atoms with Crippen molar-refractivity contribution in [3.05, 3.63) is 54.4 Å². The number of nitrogens with zero attached hydrogens (tertiary/aromatic N) is 4.